The molecule has 252 valence electrons. The van der Waals surface area contributed by atoms with Crippen molar-refractivity contribution in [2.24, 2.45) is 29.6 Å². The molecule has 0 N–H and O–H groups in total. The first-order valence-corrected chi connectivity index (χ1v) is 28.1. The van der Waals surface area contributed by atoms with E-state index in [0.29, 0.717) is 0 Å². The average molecular weight is 785 g/mol. The van der Waals surface area contributed by atoms with Crippen LogP contribution in [0.15, 0.2) is 40.2 Å². The molecule has 0 nitrogen and oxygen atoms in total. The Morgan fingerprint density at radius 3 is 1.67 bits per heavy atom. The molecule has 0 saturated heterocycles. The molecule has 5 aliphatic rings. The van der Waals surface area contributed by atoms with Crippen molar-refractivity contribution in [3.05, 3.63) is 71.7 Å². The van der Waals surface area contributed by atoms with Crippen LogP contribution in [0.2, 0.25) is 24.2 Å². The van der Waals surface area contributed by atoms with Crippen molar-refractivity contribution in [1.82, 2.24) is 0 Å². The Morgan fingerprint density at radius 1 is 0.756 bits per heavy atom. The van der Waals surface area contributed by atoms with Gasteiger partial charge in [0.15, 0.2) is 0 Å². The molecule has 9 unspecified atom stereocenters. The summed E-state index contributed by atoms with van der Waals surface area (Å²) >= 11 is 3.73. The maximum atomic E-state index is 4.93. The molecule has 1 aromatic rings. The van der Waals surface area contributed by atoms with Gasteiger partial charge in [-0.25, -0.2) is 0 Å². The Bertz CT molecular complexity index is 1180. The summed E-state index contributed by atoms with van der Waals surface area (Å²) in [5, 5.41) is 1.69. The van der Waals surface area contributed by atoms with E-state index in [0.717, 1.165) is 57.1 Å². The zero-order valence-electron chi connectivity index (χ0n) is 30.6. The van der Waals surface area contributed by atoms with E-state index in [4.69, 9.17) is 17.0 Å². The summed E-state index contributed by atoms with van der Waals surface area (Å²) in [5.41, 5.74) is 7.05. The van der Waals surface area contributed by atoms with Crippen molar-refractivity contribution < 1.29 is 20.8 Å². The van der Waals surface area contributed by atoms with Gasteiger partial charge in [0.05, 0.1) is 8.07 Å². The Kier molecular flexibility index (Phi) is 13.6. The number of hydrogen-bond acceptors (Lipinski definition) is 2. The summed E-state index contributed by atoms with van der Waals surface area (Å²) < 4.78 is 0. The van der Waals surface area contributed by atoms with E-state index >= 15 is 0 Å². The van der Waals surface area contributed by atoms with Crippen LogP contribution in [0.5, 0.6) is 0 Å². The molecule has 0 radical (unpaired) electrons. The second-order valence-electron chi connectivity index (χ2n) is 17.2. The van der Waals surface area contributed by atoms with Gasteiger partial charge in [-0.15, -0.1) is 23.5 Å². The Balaban J connectivity index is 0.00000106. The summed E-state index contributed by atoms with van der Waals surface area (Å²) in [4.78, 5) is 3.21. The van der Waals surface area contributed by atoms with Gasteiger partial charge >= 0.3 is 37.9 Å². The van der Waals surface area contributed by atoms with Gasteiger partial charge in [-0.2, -0.15) is 0 Å². The topological polar surface area (TPSA) is 0 Å². The van der Waals surface area contributed by atoms with Crippen LogP contribution in [0, 0.1) is 44.4 Å². The van der Waals surface area contributed by atoms with E-state index in [-0.39, 0.29) is 25.7 Å². The molecular weight excluding hydrogens is 723 g/mol. The van der Waals surface area contributed by atoms with Gasteiger partial charge in [0.25, 0.3) is 0 Å². The number of benzene rings is 1. The average Bonchev–Trinajstić information content (AvgIpc) is 3.61. The quantitative estimate of drug-likeness (QED) is 0.221. The van der Waals surface area contributed by atoms with E-state index in [1.54, 1.807) is 26.5 Å². The number of rotatable bonds is 3. The molecule has 3 fully saturated rings. The van der Waals surface area contributed by atoms with Gasteiger partial charge in [-0.1, -0.05) is 105 Å². The molecule has 0 amide bonds. The minimum absolute atomic E-state index is 0. The predicted octanol–water partition coefficient (Wildman–Crippen LogP) is 13.8. The first kappa shape index (κ1) is 40.5. The summed E-state index contributed by atoms with van der Waals surface area (Å²) in [5.74, 6) is 5.02. The molecular formula is C39H62Cl2S2SiZr. The van der Waals surface area contributed by atoms with Crippen molar-refractivity contribution >= 4 is 48.6 Å². The number of thioether (sulfide) groups is 2. The molecule has 45 heavy (non-hydrogen) atoms. The summed E-state index contributed by atoms with van der Waals surface area (Å²) in [7, 11) is 8.31. The van der Waals surface area contributed by atoms with Crippen LogP contribution in [0.1, 0.15) is 111 Å². The van der Waals surface area contributed by atoms with Crippen molar-refractivity contribution in [3.63, 3.8) is 0 Å². The normalized spacial score (nSPS) is 35.4. The van der Waals surface area contributed by atoms with Crippen LogP contribution >= 0.6 is 40.5 Å². The van der Waals surface area contributed by atoms with Gasteiger partial charge in [0.2, 0.25) is 0 Å². The van der Waals surface area contributed by atoms with Gasteiger partial charge in [0.1, 0.15) is 0 Å². The van der Waals surface area contributed by atoms with Gasteiger partial charge < -0.3 is 14.9 Å². The fraction of sp³-hybridized carbons (Fsp3) is 0.692. The molecule has 3 aliphatic carbocycles. The third kappa shape index (κ3) is 7.87. The molecule has 6 rings (SSSR count). The van der Waals surface area contributed by atoms with Gasteiger partial charge in [-0.05, 0) is 111 Å². The zero-order chi connectivity index (χ0) is 31.6. The number of fused-ring (bicyclic) bond motifs is 4. The summed E-state index contributed by atoms with van der Waals surface area (Å²) in [6, 6.07) is 7.81. The standard InChI is InChI=1S/C37H56S2Si.2CH3.2ClH.Zr/c1-21-15-29-27(24-18-25(36(4,5)6)20-26(19-24)37(7,8)9)13-12-14-28(29)34(21)40(10,11)35-32-30(16-22(2)38-32)31-17-23(3)39-33(31)35;;;;;/h16-21,27-35H,12-15H2,1-11H3;2*1H3;2*1H;/q;2*-1;;;+4/p-2. The fourth-order valence-electron chi connectivity index (χ4n) is 10.5. The van der Waals surface area contributed by atoms with Crippen molar-refractivity contribution in [2.75, 3.05) is 0 Å². The third-order valence-electron chi connectivity index (χ3n) is 12.1. The first-order valence-electron chi connectivity index (χ1n) is 16.8. The van der Waals surface area contributed by atoms with Crippen LogP contribution in [-0.2, 0) is 31.7 Å². The predicted molar refractivity (Wildman–Crippen MR) is 208 cm³/mol. The molecule has 9 atom stereocenters. The molecule has 0 aromatic heterocycles. The van der Waals surface area contributed by atoms with Crippen LogP contribution in [0.25, 0.3) is 0 Å². The number of halogens is 2. The Morgan fingerprint density at radius 2 is 1.22 bits per heavy atom. The zero-order valence-corrected chi connectivity index (χ0v) is 37.2. The summed E-state index contributed by atoms with van der Waals surface area (Å²) in [6.07, 6.45) is 11.1. The molecule has 6 heteroatoms. The molecule has 1 aromatic carbocycles. The molecule has 0 bridgehead atoms. The second kappa shape index (κ2) is 15.1. The molecule has 2 aliphatic heterocycles. The van der Waals surface area contributed by atoms with Crippen LogP contribution < -0.4 is 0 Å². The van der Waals surface area contributed by atoms with E-state index in [1.165, 1.54) is 25.7 Å². The van der Waals surface area contributed by atoms with Crippen LogP contribution in [0.3, 0.4) is 0 Å². The third-order valence-corrected chi connectivity index (χ3v) is 20.5. The fourth-order valence-corrected chi connectivity index (χ4v) is 21.6. The summed E-state index contributed by atoms with van der Waals surface area (Å²) in [6.45, 7) is 27.6. The molecule has 0 spiro atoms. The van der Waals surface area contributed by atoms with Crippen LogP contribution in [-0.4, -0.2) is 18.6 Å². The first-order chi connectivity index (χ1) is 20.0. The van der Waals surface area contributed by atoms with Crippen molar-refractivity contribution in [3.8, 4) is 0 Å². The SMILES string of the molecule is CC1=CC2C3C=C(C)SC3C([Si](C)(C)C3C(C)CC4C(c5cc(C(C)(C)C)cc(C(C)(C)C)c5)CCCC43)C2S1.[CH3-].[CH3-].[Cl][Zr+2][Cl]. The van der Waals surface area contributed by atoms with E-state index in [9.17, 15) is 0 Å². The van der Waals surface area contributed by atoms with Crippen molar-refractivity contribution in [1.29, 1.82) is 0 Å². The van der Waals surface area contributed by atoms with Gasteiger partial charge in [0, 0.05) is 10.5 Å². The van der Waals surface area contributed by atoms with Crippen LogP contribution in [0.4, 0.5) is 0 Å². The molecule has 2 heterocycles. The van der Waals surface area contributed by atoms with Gasteiger partial charge in [-0.3, -0.25) is 0 Å². The molecule has 3 saturated carbocycles. The van der Waals surface area contributed by atoms with E-state index in [2.05, 4.69) is 129 Å². The second-order valence-corrected chi connectivity index (χ2v) is 28.8. The minimum atomic E-state index is -1.56. The van der Waals surface area contributed by atoms with Crippen molar-refractivity contribution in [2.45, 2.75) is 139 Å². The number of allylic oxidation sites excluding steroid dienone is 4. The Hall–Kier alpha value is 1.08. The maximum absolute atomic E-state index is 4.93. The number of hydrogen-bond donors (Lipinski definition) is 0. The monoisotopic (exact) mass is 782 g/mol. The van der Waals surface area contributed by atoms with E-state index < -0.39 is 28.9 Å². The Labute approximate surface area is 307 Å². The van der Waals surface area contributed by atoms with E-state index in [1.807, 2.05) is 0 Å².